The number of nitrogens with one attached hydrogen (secondary N) is 1. The number of hydrogen-bond acceptors (Lipinski definition) is 5. The molecule has 104 valence electrons. The molecule has 1 atom stereocenters. The highest BCUT2D eigenvalue weighted by molar-refractivity contribution is 7.99. The standard InChI is InChI=1S/C13H19N3OS2/c1-16(13(17)10-7-18-8-14-10)6-12-15-9-4-2-3-5-11(9)19-12/h10,14H,2-8H2,1H3. The van der Waals surface area contributed by atoms with Crippen LogP contribution in [-0.4, -0.2) is 40.5 Å². The third kappa shape index (κ3) is 2.95. The van der Waals surface area contributed by atoms with Crippen molar-refractivity contribution in [2.75, 3.05) is 18.7 Å². The van der Waals surface area contributed by atoms with Crippen LogP contribution in [0.4, 0.5) is 0 Å². The molecule has 3 rings (SSSR count). The Hall–Kier alpha value is -0.590. The van der Waals surface area contributed by atoms with Crippen molar-refractivity contribution < 1.29 is 4.79 Å². The summed E-state index contributed by atoms with van der Waals surface area (Å²) in [4.78, 5) is 20.2. The number of rotatable bonds is 3. The van der Waals surface area contributed by atoms with Crippen LogP contribution in [0.15, 0.2) is 0 Å². The molecule has 1 saturated heterocycles. The molecule has 4 nitrogen and oxygen atoms in total. The predicted molar refractivity (Wildman–Crippen MR) is 79.5 cm³/mol. The van der Waals surface area contributed by atoms with Gasteiger partial charge in [-0.05, 0) is 25.7 Å². The summed E-state index contributed by atoms with van der Waals surface area (Å²) in [6.45, 7) is 0.652. The average Bonchev–Trinajstić information content (AvgIpc) is 3.06. The number of amides is 1. The molecule has 19 heavy (non-hydrogen) atoms. The Balaban J connectivity index is 1.63. The monoisotopic (exact) mass is 297 g/mol. The van der Waals surface area contributed by atoms with E-state index in [1.165, 1.54) is 29.8 Å². The van der Waals surface area contributed by atoms with Crippen molar-refractivity contribution in [1.29, 1.82) is 0 Å². The fraction of sp³-hybridized carbons (Fsp3) is 0.692. The van der Waals surface area contributed by atoms with Gasteiger partial charge in [0.05, 0.1) is 18.3 Å². The number of carbonyl (C=O) groups is 1. The van der Waals surface area contributed by atoms with Crippen LogP contribution in [0.3, 0.4) is 0 Å². The first kappa shape index (κ1) is 13.4. The van der Waals surface area contributed by atoms with Gasteiger partial charge in [-0.3, -0.25) is 10.1 Å². The van der Waals surface area contributed by atoms with Crippen LogP contribution >= 0.6 is 23.1 Å². The van der Waals surface area contributed by atoms with Crippen molar-refractivity contribution in [2.45, 2.75) is 38.3 Å². The largest absolute Gasteiger partial charge is 0.338 e. The lowest BCUT2D eigenvalue weighted by molar-refractivity contribution is -0.131. The summed E-state index contributed by atoms with van der Waals surface area (Å²) in [6.07, 6.45) is 4.83. The number of aromatic nitrogens is 1. The van der Waals surface area contributed by atoms with Crippen LogP contribution in [0.5, 0.6) is 0 Å². The number of likely N-dealkylation sites (N-methyl/N-ethyl adjacent to an activating group) is 1. The maximum atomic E-state index is 12.2. The van der Waals surface area contributed by atoms with Gasteiger partial charge in [-0.25, -0.2) is 4.98 Å². The zero-order valence-corrected chi connectivity index (χ0v) is 12.8. The molecule has 1 aromatic rings. The molecule has 0 saturated carbocycles. The molecule has 1 fully saturated rings. The summed E-state index contributed by atoms with van der Waals surface area (Å²) in [7, 11) is 1.88. The first-order chi connectivity index (χ1) is 9.24. The van der Waals surface area contributed by atoms with Crippen LogP contribution in [0, 0.1) is 0 Å². The Bertz CT molecular complexity index is 445. The smallest absolute Gasteiger partial charge is 0.240 e. The van der Waals surface area contributed by atoms with Crippen LogP contribution < -0.4 is 5.32 Å². The maximum Gasteiger partial charge on any atom is 0.240 e. The van der Waals surface area contributed by atoms with Gasteiger partial charge in [-0.2, -0.15) is 0 Å². The number of nitrogens with zero attached hydrogens (tertiary/aromatic N) is 2. The van der Waals surface area contributed by atoms with E-state index in [0.717, 1.165) is 23.1 Å². The maximum absolute atomic E-state index is 12.2. The van der Waals surface area contributed by atoms with Crippen molar-refractivity contribution in [1.82, 2.24) is 15.2 Å². The number of aryl methyl sites for hydroxylation is 2. The Morgan fingerprint density at radius 1 is 1.47 bits per heavy atom. The molecule has 1 aliphatic heterocycles. The third-order valence-corrected chi connectivity index (χ3v) is 5.74. The minimum absolute atomic E-state index is 0.00964. The van der Waals surface area contributed by atoms with Crippen LogP contribution in [-0.2, 0) is 24.2 Å². The quantitative estimate of drug-likeness (QED) is 0.921. The van der Waals surface area contributed by atoms with Gasteiger partial charge in [0.25, 0.3) is 0 Å². The van der Waals surface area contributed by atoms with Gasteiger partial charge in [0.2, 0.25) is 5.91 Å². The summed E-state index contributed by atoms with van der Waals surface area (Å²) in [6, 6.07) is -0.00964. The molecule has 1 N–H and O–H groups in total. The first-order valence-electron chi connectivity index (χ1n) is 6.77. The van der Waals surface area contributed by atoms with Crippen molar-refractivity contribution in [3.05, 3.63) is 15.6 Å². The number of carbonyl (C=O) groups excluding carboxylic acids is 1. The zero-order valence-electron chi connectivity index (χ0n) is 11.1. The fourth-order valence-corrected chi connectivity index (χ4v) is 4.72. The third-order valence-electron chi connectivity index (χ3n) is 3.65. The van der Waals surface area contributed by atoms with Gasteiger partial charge in [-0.15, -0.1) is 23.1 Å². The van der Waals surface area contributed by atoms with Crippen LogP contribution in [0.1, 0.15) is 28.4 Å². The zero-order chi connectivity index (χ0) is 13.2. The summed E-state index contributed by atoms with van der Waals surface area (Å²) >= 11 is 3.58. The van der Waals surface area contributed by atoms with E-state index in [-0.39, 0.29) is 11.9 Å². The van der Waals surface area contributed by atoms with Gasteiger partial charge in [0.15, 0.2) is 0 Å². The average molecular weight is 297 g/mol. The second-order valence-corrected chi connectivity index (χ2v) is 7.35. The molecule has 2 heterocycles. The van der Waals surface area contributed by atoms with Gasteiger partial charge in [0, 0.05) is 23.6 Å². The number of thioether (sulfide) groups is 1. The molecule has 0 bridgehead atoms. The van der Waals surface area contributed by atoms with E-state index in [9.17, 15) is 4.79 Å². The van der Waals surface area contributed by atoms with E-state index >= 15 is 0 Å². The second kappa shape index (κ2) is 5.81. The van der Waals surface area contributed by atoms with Crippen LogP contribution in [0.2, 0.25) is 0 Å². The molecule has 6 heteroatoms. The van der Waals surface area contributed by atoms with Gasteiger partial charge in [0.1, 0.15) is 5.01 Å². The molecular weight excluding hydrogens is 278 g/mol. The Morgan fingerprint density at radius 2 is 2.32 bits per heavy atom. The SMILES string of the molecule is CN(Cc1nc2c(s1)CCCC2)C(=O)C1CSCN1. The van der Waals surface area contributed by atoms with Gasteiger partial charge in [-0.1, -0.05) is 0 Å². The topological polar surface area (TPSA) is 45.2 Å². The molecule has 0 radical (unpaired) electrons. The highest BCUT2D eigenvalue weighted by Crippen LogP contribution is 2.27. The van der Waals surface area contributed by atoms with E-state index < -0.39 is 0 Å². The number of thiazole rings is 1. The van der Waals surface area contributed by atoms with Crippen LogP contribution in [0.25, 0.3) is 0 Å². The van der Waals surface area contributed by atoms with E-state index in [0.29, 0.717) is 6.54 Å². The van der Waals surface area contributed by atoms with Crippen molar-refractivity contribution in [3.8, 4) is 0 Å². The van der Waals surface area contributed by atoms with Gasteiger partial charge < -0.3 is 4.90 Å². The summed E-state index contributed by atoms with van der Waals surface area (Å²) < 4.78 is 0. The second-order valence-electron chi connectivity index (χ2n) is 5.15. The summed E-state index contributed by atoms with van der Waals surface area (Å²) in [5.41, 5.74) is 1.28. The van der Waals surface area contributed by atoms with E-state index in [2.05, 4.69) is 5.32 Å². The summed E-state index contributed by atoms with van der Waals surface area (Å²) in [5.74, 6) is 1.96. The predicted octanol–water partition coefficient (Wildman–Crippen LogP) is 1.64. The van der Waals surface area contributed by atoms with E-state index in [4.69, 9.17) is 4.98 Å². The normalized spacial score (nSPS) is 22.3. The van der Waals surface area contributed by atoms with Crippen molar-refractivity contribution in [2.24, 2.45) is 0 Å². The first-order valence-corrected chi connectivity index (χ1v) is 8.74. The van der Waals surface area contributed by atoms with Crippen molar-refractivity contribution >= 4 is 29.0 Å². The van der Waals surface area contributed by atoms with E-state index in [1.807, 2.05) is 11.9 Å². The van der Waals surface area contributed by atoms with Gasteiger partial charge >= 0.3 is 0 Å². The lowest BCUT2D eigenvalue weighted by Crippen LogP contribution is -2.42. The minimum Gasteiger partial charge on any atom is -0.338 e. The van der Waals surface area contributed by atoms with Crippen molar-refractivity contribution in [3.63, 3.8) is 0 Å². The highest BCUT2D eigenvalue weighted by atomic mass is 32.2. The van der Waals surface area contributed by atoms with E-state index in [1.54, 1.807) is 23.1 Å². The lowest BCUT2D eigenvalue weighted by atomic mass is 10.0. The molecule has 0 aromatic carbocycles. The number of hydrogen-bond donors (Lipinski definition) is 1. The minimum atomic E-state index is -0.00964. The fourth-order valence-electron chi connectivity index (χ4n) is 2.57. The molecule has 1 aliphatic carbocycles. The Kier molecular flexibility index (Phi) is 4.10. The molecule has 0 spiro atoms. The molecule has 1 amide bonds. The highest BCUT2D eigenvalue weighted by Gasteiger charge is 2.26. The summed E-state index contributed by atoms with van der Waals surface area (Å²) in [5, 5.41) is 4.32. The number of fused-ring (bicyclic) bond motifs is 1. The Labute approximate surface area is 122 Å². The lowest BCUT2D eigenvalue weighted by Gasteiger charge is -2.19. The molecule has 1 aromatic heterocycles. The molecule has 1 unspecified atom stereocenters. The molecular formula is C13H19N3OS2. The Morgan fingerprint density at radius 3 is 3.05 bits per heavy atom. The molecule has 2 aliphatic rings.